The van der Waals surface area contributed by atoms with E-state index in [2.05, 4.69) is 20.7 Å². The Kier molecular flexibility index (Phi) is 4.90. The first-order valence-corrected chi connectivity index (χ1v) is 7.03. The summed E-state index contributed by atoms with van der Waals surface area (Å²) in [7, 11) is -3.13. The minimum Gasteiger partial charge on any atom is -0.212 e. The molecule has 0 unspecified atom stereocenters. The van der Waals surface area contributed by atoms with Crippen molar-refractivity contribution in [1.82, 2.24) is 4.72 Å². The molecule has 0 amide bonds. The van der Waals surface area contributed by atoms with E-state index in [1.54, 1.807) is 0 Å². The Labute approximate surface area is 89.5 Å². The molecule has 0 aliphatic heterocycles. The molecule has 3 nitrogen and oxygen atoms in total. The van der Waals surface area contributed by atoms with Gasteiger partial charge in [0.1, 0.15) is 0 Å². The molecule has 0 radical (unpaired) electrons. The molecule has 0 spiro atoms. The van der Waals surface area contributed by atoms with Crippen molar-refractivity contribution in [2.75, 3.05) is 11.1 Å². The number of halogens is 1. The summed E-state index contributed by atoms with van der Waals surface area (Å²) < 4.78 is 25.6. The van der Waals surface area contributed by atoms with Crippen LogP contribution in [0.15, 0.2) is 0 Å². The van der Waals surface area contributed by atoms with Crippen LogP contribution in [0.3, 0.4) is 0 Å². The third-order valence-electron chi connectivity index (χ3n) is 1.32. The predicted molar refractivity (Wildman–Crippen MR) is 59.6 cm³/mol. The molecule has 0 aliphatic rings. The summed E-state index contributed by atoms with van der Waals surface area (Å²) in [4.78, 5) is 0. The zero-order valence-corrected chi connectivity index (χ0v) is 11.0. The fourth-order valence-electron chi connectivity index (χ4n) is 0.929. The second-order valence-electron chi connectivity index (χ2n) is 4.29. The molecule has 0 aromatic rings. The molecule has 0 aromatic heterocycles. The summed E-state index contributed by atoms with van der Waals surface area (Å²) in [6.45, 7) is 7.47. The summed E-state index contributed by atoms with van der Waals surface area (Å²) in [5, 5.41) is 0.608. The van der Waals surface area contributed by atoms with Gasteiger partial charge in [-0.25, -0.2) is 13.1 Å². The van der Waals surface area contributed by atoms with Crippen LogP contribution < -0.4 is 4.72 Å². The first-order valence-electron chi connectivity index (χ1n) is 4.26. The van der Waals surface area contributed by atoms with Gasteiger partial charge in [-0.1, -0.05) is 29.8 Å². The zero-order valence-electron chi connectivity index (χ0n) is 8.59. The monoisotopic (exact) mass is 271 g/mol. The van der Waals surface area contributed by atoms with E-state index in [0.717, 1.165) is 0 Å². The van der Waals surface area contributed by atoms with Crippen LogP contribution in [0.5, 0.6) is 0 Å². The van der Waals surface area contributed by atoms with Crippen LogP contribution in [0.2, 0.25) is 0 Å². The molecule has 0 saturated heterocycles. The summed E-state index contributed by atoms with van der Waals surface area (Å²) in [5.41, 5.74) is -0.409. The number of alkyl halides is 1. The van der Waals surface area contributed by atoms with E-state index in [0.29, 0.717) is 5.33 Å². The molecule has 13 heavy (non-hydrogen) atoms. The van der Waals surface area contributed by atoms with E-state index in [9.17, 15) is 8.42 Å². The van der Waals surface area contributed by atoms with E-state index in [1.807, 2.05) is 27.7 Å². The highest BCUT2D eigenvalue weighted by Crippen LogP contribution is 2.09. The molecule has 0 fully saturated rings. The van der Waals surface area contributed by atoms with Gasteiger partial charge in [-0.2, -0.15) is 0 Å². The first-order chi connectivity index (χ1) is 5.68. The van der Waals surface area contributed by atoms with Crippen molar-refractivity contribution >= 4 is 26.0 Å². The molecule has 0 rings (SSSR count). The zero-order chi connectivity index (χ0) is 10.7. The standard InChI is InChI=1S/C8H18BrNO2S/c1-7(2)5-13(11,12)10-8(3,4)6-9/h7,10H,5-6H2,1-4H3. The second kappa shape index (κ2) is 4.75. The fourth-order valence-corrected chi connectivity index (χ4v) is 3.13. The van der Waals surface area contributed by atoms with Gasteiger partial charge in [0.25, 0.3) is 0 Å². The number of hydrogen-bond acceptors (Lipinski definition) is 2. The van der Waals surface area contributed by atoms with Crippen molar-refractivity contribution in [2.24, 2.45) is 5.92 Å². The maximum absolute atomic E-state index is 11.5. The summed E-state index contributed by atoms with van der Waals surface area (Å²) >= 11 is 3.26. The predicted octanol–water partition coefficient (Wildman–Crippen LogP) is 1.74. The summed E-state index contributed by atoms with van der Waals surface area (Å²) in [6, 6.07) is 0. The Morgan fingerprint density at radius 1 is 1.38 bits per heavy atom. The molecule has 0 bridgehead atoms. The minimum atomic E-state index is -3.13. The van der Waals surface area contributed by atoms with E-state index >= 15 is 0 Å². The molecular weight excluding hydrogens is 254 g/mol. The summed E-state index contributed by atoms with van der Waals surface area (Å²) in [5.74, 6) is 0.340. The van der Waals surface area contributed by atoms with Crippen molar-refractivity contribution in [3.05, 3.63) is 0 Å². The number of nitrogens with one attached hydrogen (secondary N) is 1. The Bertz CT molecular complexity index is 247. The lowest BCUT2D eigenvalue weighted by Crippen LogP contribution is -2.46. The molecule has 5 heteroatoms. The van der Waals surface area contributed by atoms with Crippen LogP contribution in [0, 0.1) is 5.92 Å². The van der Waals surface area contributed by atoms with Gasteiger partial charge in [-0.3, -0.25) is 0 Å². The SMILES string of the molecule is CC(C)CS(=O)(=O)NC(C)(C)CBr. The van der Waals surface area contributed by atoms with E-state index in [4.69, 9.17) is 0 Å². The van der Waals surface area contributed by atoms with Crippen LogP contribution in [0.25, 0.3) is 0 Å². The Morgan fingerprint density at radius 2 is 1.85 bits per heavy atom. The van der Waals surface area contributed by atoms with Crippen LogP contribution in [-0.4, -0.2) is 25.0 Å². The largest absolute Gasteiger partial charge is 0.212 e. The highest BCUT2D eigenvalue weighted by Gasteiger charge is 2.23. The molecular formula is C8H18BrNO2S. The first kappa shape index (κ1) is 13.4. The maximum atomic E-state index is 11.5. The van der Waals surface area contributed by atoms with Crippen LogP contribution in [-0.2, 0) is 10.0 Å². The van der Waals surface area contributed by atoms with Crippen molar-refractivity contribution in [2.45, 2.75) is 33.2 Å². The molecule has 0 aromatic carbocycles. The van der Waals surface area contributed by atoms with Gasteiger partial charge in [0.15, 0.2) is 0 Å². The Hall–Kier alpha value is 0.390. The normalized spacial score (nSPS) is 13.7. The van der Waals surface area contributed by atoms with Crippen molar-refractivity contribution in [3.63, 3.8) is 0 Å². The van der Waals surface area contributed by atoms with Gasteiger partial charge in [0.05, 0.1) is 5.75 Å². The summed E-state index contributed by atoms with van der Waals surface area (Å²) in [6.07, 6.45) is 0. The Balaban J connectivity index is 4.35. The Morgan fingerprint density at radius 3 is 2.15 bits per heavy atom. The maximum Gasteiger partial charge on any atom is 0.212 e. The van der Waals surface area contributed by atoms with Gasteiger partial charge in [0, 0.05) is 10.9 Å². The van der Waals surface area contributed by atoms with E-state index in [1.165, 1.54) is 0 Å². The second-order valence-corrected chi connectivity index (χ2v) is 6.62. The lowest BCUT2D eigenvalue weighted by atomic mass is 10.1. The van der Waals surface area contributed by atoms with Crippen LogP contribution >= 0.6 is 15.9 Å². The third kappa shape index (κ3) is 6.46. The van der Waals surface area contributed by atoms with Gasteiger partial charge in [-0.05, 0) is 19.8 Å². The van der Waals surface area contributed by atoms with Crippen LogP contribution in [0.4, 0.5) is 0 Å². The van der Waals surface area contributed by atoms with Gasteiger partial charge < -0.3 is 0 Å². The van der Waals surface area contributed by atoms with Crippen molar-refractivity contribution in [1.29, 1.82) is 0 Å². The quantitative estimate of drug-likeness (QED) is 0.775. The minimum absolute atomic E-state index is 0.156. The highest BCUT2D eigenvalue weighted by atomic mass is 79.9. The molecule has 0 aliphatic carbocycles. The number of sulfonamides is 1. The van der Waals surface area contributed by atoms with Gasteiger partial charge in [-0.15, -0.1) is 0 Å². The molecule has 0 saturated carbocycles. The van der Waals surface area contributed by atoms with Gasteiger partial charge in [0.2, 0.25) is 10.0 Å². The third-order valence-corrected chi connectivity index (χ3v) is 4.69. The van der Waals surface area contributed by atoms with Gasteiger partial charge >= 0.3 is 0 Å². The lowest BCUT2D eigenvalue weighted by molar-refractivity contribution is 0.495. The highest BCUT2D eigenvalue weighted by molar-refractivity contribution is 9.09. The molecule has 0 atom stereocenters. The molecule has 80 valence electrons. The fraction of sp³-hybridized carbons (Fsp3) is 1.00. The van der Waals surface area contributed by atoms with E-state index in [-0.39, 0.29) is 11.7 Å². The average Bonchev–Trinajstić information content (AvgIpc) is 1.81. The van der Waals surface area contributed by atoms with Crippen molar-refractivity contribution in [3.8, 4) is 0 Å². The van der Waals surface area contributed by atoms with Crippen molar-refractivity contribution < 1.29 is 8.42 Å². The van der Waals surface area contributed by atoms with E-state index < -0.39 is 15.6 Å². The number of rotatable bonds is 5. The number of hydrogen-bond donors (Lipinski definition) is 1. The smallest absolute Gasteiger partial charge is 0.212 e. The lowest BCUT2D eigenvalue weighted by Gasteiger charge is -2.23. The molecule has 0 heterocycles. The molecule has 1 N–H and O–H groups in total. The average molecular weight is 272 g/mol. The van der Waals surface area contributed by atoms with Crippen LogP contribution in [0.1, 0.15) is 27.7 Å². The topological polar surface area (TPSA) is 46.2 Å².